The number of amides is 1. The Kier molecular flexibility index (Phi) is 4.39. The summed E-state index contributed by atoms with van der Waals surface area (Å²) in [5.74, 6) is 0.874. The van der Waals surface area contributed by atoms with Crippen LogP contribution in [0, 0.1) is 0 Å². The van der Waals surface area contributed by atoms with Crippen molar-refractivity contribution in [3.8, 4) is 0 Å². The van der Waals surface area contributed by atoms with Crippen LogP contribution in [0.5, 0.6) is 0 Å². The van der Waals surface area contributed by atoms with Crippen molar-refractivity contribution in [2.45, 2.75) is 38.6 Å². The first-order valence-corrected chi connectivity index (χ1v) is 8.08. The average Bonchev–Trinajstić information content (AvgIpc) is 2.90. The summed E-state index contributed by atoms with van der Waals surface area (Å²) in [6, 6.07) is 7.78. The number of fused-ring (bicyclic) bond motifs is 1. The van der Waals surface area contributed by atoms with Gasteiger partial charge in [0.05, 0.1) is 18.7 Å². The van der Waals surface area contributed by atoms with Gasteiger partial charge >= 0.3 is 0 Å². The van der Waals surface area contributed by atoms with E-state index in [0.29, 0.717) is 13.0 Å². The smallest absolute Gasteiger partial charge is 0.224 e. The molecule has 0 bridgehead atoms. The Labute approximate surface area is 132 Å². The molecule has 0 saturated carbocycles. The molecule has 110 valence electrons. The molecule has 1 aromatic heterocycles. The number of carbonyl (C=O) groups excluding carboxylic acids is 1. The summed E-state index contributed by atoms with van der Waals surface area (Å²) in [5.41, 5.74) is 3.42. The van der Waals surface area contributed by atoms with Gasteiger partial charge in [-0.15, -0.1) is 0 Å². The summed E-state index contributed by atoms with van der Waals surface area (Å²) in [5, 5.41) is 2.93. The van der Waals surface area contributed by atoms with Crippen LogP contribution in [0.4, 0.5) is 0 Å². The number of nitrogens with one attached hydrogen (secondary N) is 2. The zero-order valence-corrected chi connectivity index (χ0v) is 13.4. The van der Waals surface area contributed by atoms with Gasteiger partial charge in [-0.1, -0.05) is 34.1 Å². The molecule has 3 rings (SSSR count). The third-order valence-corrected chi connectivity index (χ3v) is 4.54. The van der Waals surface area contributed by atoms with Gasteiger partial charge in [-0.2, -0.15) is 0 Å². The van der Waals surface area contributed by atoms with Gasteiger partial charge in [0.15, 0.2) is 0 Å². The highest BCUT2D eigenvalue weighted by atomic mass is 79.9. The quantitative estimate of drug-likeness (QED) is 0.893. The van der Waals surface area contributed by atoms with Gasteiger partial charge in [-0.3, -0.25) is 4.79 Å². The highest BCUT2D eigenvalue weighted by molar-refractivity contribution is 9.10. The normalized spacial score (nSPS) is 13.8. The van der Waals surface area contributed by atoms with Crippen LogP contribution >= 0.6 is 15.9 Å². The zero-order valence-electron chi connectivity index (χ0n) is 11.8. The number of halogens is 1. The molecule has 0 radical (unpaired) electrons. The van der Waals surface area contributed by atoms with Gasteiger partial charge < -0.3 is 10.3 Å². The zero-order chi connectivity index (χ0) is 14.7. The molecule has 0 saturated heterocycles. The predicted octanol–water partition coefficient (Wildman–Crippen LogP) is 2.91. The number of hydrogen-bond donors (Lipinski definition) is 2. The van der Waals surface area contributed by atoms with Crippen LogP contribution in [0.3, 0.4) is 0 Å². The van der Waals surface area contributed by atoms with E-state index in [4.69, 9.17) is 0 Å². The standard InChI is InChI=1S/C16H18BrN3O/c17-12-6-2-1-5-11(12)9-16(21)18-10-15-19-13-7-3-4-8-14(13)20-15/h1-2,5-6H,3-4,7-10H2,(H,18,21)(H,19,20). The molecule has 5 heteroatoms. The molecule has 0 aliphatic heterocycles. The Morgan fingerprint density at radius 1 is 1.29 bits per heavy atom. The molecule has 1 aromatic carbocycles. The molecule has 1 heterocycles. The van der Waals surface area contributed by atoms with E-state index in [0.717, 1.165) is 28.7 Å². The van der Waals surface area contributed by atoms with Crippen molar-refractivity contribution >= 4 is 21.8 Å². The highest BCUT2D eigenvalue weighted by Crippen LogP contribution is 2.19. The summed E-state index contributed by atoms with van der Waals surface area (Å²) < 4.78 is 0.966. The van der Waals surface area contributed by atoms with E-state index in [2.05, 4.69) is 31.2 Å². The van der Waals surface area contributed by atoms with Crippen molar-refractivity contribution in [3.63, 3.8) is 0 Å². The van der Waals surface area contributed by atoms with Gasteiger partial charge in [0.2, 0.25) is 5.91 Å². The minimum Gasteiger partial charge on any atom is -0.349 e. The van der Waals surface area contributed by atoms with Crippen LogP contribution in [-0.2, 0) is 30.6 Å². The van der Waals surface area contributed by atoms with Crippen molar-refractivity contribution in [2.24, 2.45) is 0 Å². The molecule has 1 aliphatic rings. The van der Waals surface area contributed by atoms with Gasteiger partial charge in [-0.25, -0.2) is 4.98 Å². The number of hydrogen-bond acceptors (Lipinski definition) is 2. The number of H-pyrrole nitrogens is 1. The first-order chi connectivity index (χ1) is 10.2. The lowest BCUT2D eigenvalue weighted by atomic mass is 10.0. The molecular weight excluding hydrogens is 330 g/mol. The number of aryl methyl sites for hydroxylation is 2. The third-order valence-electron chi connectivity index (χ3n) is 3.77. The van der Waals surface area contributed by atoms with Crippen LogP contribution in [-0.4, -0.2) is 15.9 Å². The van der Waals surface area contributed by atoms with Crippen molar-refractivity contribution in [1.29, 1.82) is 0 Å². The number of rotatable bonds is 4. The fourth-order valence-corrected chi connectivity index (χ4v) is 3.08. The lowest BCUT2D eigenvalue weighted by molar-refractivity contribution is -0.120. The Hall–Kier alpha value is -1.62. The van der Waals surface area contributed by atoms with Crippen molar-refractivity contribution < 1.29 is 4.79 Å². The molecular formula is C16H18BrN3O. The van der Waals surface area contributed by atoms with Gasteiger partial charge in [0.25, 0.3) is 0 Å². The minimum atomic E-state index is 0.0104. The maximum absolute atomic E-state index is 12.0. The highest BCUT2D eigenvalue weighted by Gasteiger charge is 2.14. The summed E-state index contributed by atoms with van der Waals surface area (Å²) in [6.07, 6.45) is 4.94. The number of benzene rings is 1. The second-order valence-electron chi connectivity index (χ2n) is 5.36. The fourth-order valence-electron chi connectivity index (χ4n) is 2.66. The SMILES string of the molecule is O=C(Cc1ccccc1Br)NCc1nc2c([nH]1)CCCC2. The van der Waals surface area contributed by atoms with Crippen molar-refractivity contribution in [3.05, 3.63) is 51.5 Å². The van der Waals surface area contributed by atoms with Crippen LogP contribution in [0.25, 0.3) is 0 Å². The van der Waals surface area contributed by atoms with Gasteiger partial charge in [0.1, 0.15) is 5.82 Å². The van der Waals surface area contributed by atoms with E-state index < -0.39 is 0 Å². The lowest BCUT2D eigenvalue weighted by Crippen LogP contribution is -2.25. The van der Waals surface area contributed by atoms with Crippen molar-refractivity contribution in [2.75, 3.05) is 0 Å². The van der Waals surface area contributed by atoms with Crippen molar-refractivity contribution in [1.82, 2.24) is 15.3 Å². The molecule has 0 unspecified atom stereocenters. The first-order valence-electron chi connectivity index (χ1n) is 7.29. The molecule has 4 nitrogen and oxygen atoms in total. The average molecular weight is 348 g/mol. The summed E-state index contributed by atoms with van der Waals surface area (Å²) in [7, 11) is 0. The Bertz CT molecular complexity index is 627. The number of carbonyl (C=O) groups is 1. The first kappa shape index (κ1) is 14.3. The van der Waals surface area contributed by atoms with E-state index >= 15 is 0 Å². The van der Waals surface area contributed by atoms with E-state index in [1.54, 1.807) is 0 Å². The maximum Gasteiger partial charge on any atom is 0.224 e. The number of aromatic nitrogens is 2. The predicted molar refractivity (Wildman–Crippen MR) is 84.9 cm³/mol. The minimum absolute atomic E-state index is 0.0104. The van der Waals surface area contributed by atoms with E-state index in [9.17, 15) is 4.79 Å². The lowest BCUT2D eigenvalue weighted by Gasteiger charge is -2.07. The Balaban J connectivity index is 1.56. The number of nitrogens with zero attached hydrogens (tertiary/aromatic N) is 1. The summed E-state index contributed by atoms with van der Waals surface area (Å²) >= 11 is 3.46. The molecule has 0 atom stereocenters. The molecule has 2 aromatic rings. The fraction of sp³-hybridized carbons (Fsp3) is 0.375. The third kappa shape index (κ3) is 3.53. The van der Waals surface area contributed by atoms with Gasteiger partial charge in [-0.05, 0) is 37.3 Å². The van der Waals surface area contributed by atoms with Crippen LogP contribution in [0.15, 0.2) is 28.7 Å². The monoisotopic (exact) mass is 347 g/mol. The van der Waals surface area contributed by atoms with Crippen LogP contribution < -0.4 is 5.32 Å². The Morgan fingerprint density at radius 2 is 2.10 bits per heavy atom. The largest absolute Gasteiger partial charge is 0.349 e. The second-order valence-corrected chi connectivity index (χ2v) is 6.22. The van der Waals surface area contributed by atoms with E-state index in [-0.39, 0.29) is 5.91 Å². The molecule has 21 heavy (non-hydrogen) atoms. The molecule has 2 N–H and O–H groups in total. The molecule has 1 amide bonds. The topological polar surface area (TPSA) is 57.8 Å². The molecule has 0 fully saturated rings. The van der Waals surface area contributed by atoms with E-state index in [1.165, 1.54) is 24.2 Å². The van der Waals surface area contributed by atoms with E-state index in [1.807, 2.05) is 24.3 Å². The number of aromatic amines is 1. The van der Waals surface area contributed by atoms with Gasteiger partial charge in [0, 0.05) is 10.2 Å². The summed E-state index contributed by atoms with van der Waals surface area (Å²) in [4.78, 5) is 19.9. The molecule has 1 aliphatic carbocycles. The van der Waals surface area contributed by atoms with Crippen LogP contribution in [0.2, 0.25) is 0 Å². The second kappa shape index (κ2) is 6.43. The summed E-state index contributed by atoms with van der Waals surface area (Å²) in [6.45, 7) is 0.469. The van der Waals surface area contributed by atoms with Crippen LogP contribution in [0.1, 0.15) is 35.6 Å². The number of imidazole rings is 1. The molecule has 0 spiro atoms. The maximum atomic E-state index is 12.0. The Morgan fingerprint density at radius 3 is 2.90 bits per heavy atom.